The van der Waals surface area contributed by atoms with Crippen LogP contribution in [0, 0.1) is 0 Å². The van der Waals surface area contributed by atoms with E-state index in [9.17, 15) is 8.42 Å². The van der Waals surface area contributed by atoms with Crippen LogP contribution in [0.3, 0.4) is 0 Å². The zero-order chi connectivity index (χ0) is 27.8. The van der Waals surface area contributed by atoms with Gasteiger partial charge in [0.2, 0.25) is 5.95 Å². The first-order valence-electron chi connectivity index (χ1n) is 12.0. The molecule has 0 saturated carbocycles. The minimum Gasteiger partial charge on any atom is -0.493 e. The van der Waals surface area contributed by atoms with Crippen molar-refractivity contribution in [2.75, 3.05) is 36.5 Å². The molecule has 0 amide bonds. The highest BCUT2D eigenvalue weighted by Crippen LogP contribution is 2.28. The summed E-state index contributed by atoms with van der Waals surface area (Å²) in [7, 11) is -0.0715. The molecule has 0 radical (unpaired) electrons. The number of anilines is 4. The van der Waals surface area contributed by atoms with Gasteiger partial charge in [-0.2, -0.15) is 15.1 Å². The van der Waals surface area contributed by atoms with E-state index < -0.39 is 9.84 Å². The molecule has 0 saturated heterocycles. The Hall–Kier alpha value is -4.64. The quantitative estimate of drug-likeness (QED) is 0.174. The van der Waals surface area contributed by atoms with E-state index in [0.29, 0.717) is 41.3 Å². The Labute approximate surface area is 228 Å². The summed E-state index contributed by atoms with van der Waals surface area (Å²) < 4.78 is 34.2. The largest absolute Gasteiger partial charge is 0.493 e. The van der Waals surface area contributed by atoms with Gasteiger partial charge in [0, 0.05) is 24.6 Å². The third kappa shape index (κ3) is 7.45. The van der Waals surface area contributed by atoms with Crippen molar-refractivity contribution in [1.82, 2.24) is 9.97 Å². The van der Waals surface area contributed by atoms with Crippen LogP contribution in [0.1, 0.15) is 18.1 Å². The molecule has 0 spiro atoms. The predicted octanol–water partition coefficient (Wildman–Crippen LogP) is 5.09. The lowest BCUT2D eigenvalue weighted by atomic mass is 10.1. The van der Waals surface area contributed by atoms with Crippen LogP contribution < -0.4 is 25.5 Å². The Bertz CT molecular complexity index is 1560. The van der Waals surface area contributed by atoms with E-state index >= 15 is 0 Å². The Kier molecular flexibility index (Phi) is 8.62. The van der Waals surface area contributed by atoms with E-state index in [0.717, 1.165) is 16.8 Å². The lowest BCUT2D eigenvalue weighted by Crippen LogP contribution is -2.08. The fourth-order valence-electron chi connectivity index (χ4n) is 3.63. The van der Waals surface area contributed by atoms with Crippen molar-refractivity contribution < 1.29 is 17.9 Å². The van der Waals surface area contributed by atoms with E-state index in [-0.39, 0.29) is 4.90 Å². The van der Waals surface area contributed by atoms with Crippen molar-refractivity contribution in [3.8, 4) is 11.5 Å². The second-order valence-corrected chi connectivity index (χ2v) is 10.6. The highest BCUT2D eigenvalue weighted by Gasteiger charge is 2.10. The average molecular weight is 547 g/mol. The standard InChI is InChI=1S/C28H30N6O4S/c1-19(21-11-13-23(14-12-21)39(4,35)36)33-34-27-17-26(31-28(32-27)30-22-8-6-5-7-9-22)29-18-20-10-15-24(37-2)25(16-20)38-3/h5-17H,18H2,1-4H3,(H3,29,30,31,32,34). The highest BCUT2D eigenvalue weighted by atomic mass is 32.2. The third-order valence-electron chi connectivity index (χ3n) is 5.72. The molecule has 0 fully saturated rings. The number of aromatic nitrogens is 2. The van der Waals surface area contributed by atoms with Crippen LogP contribution in [0.4, 0.5) is 23.3 Å². The first-order chi connectivity index (χ1) is 18.7. The van der Waals surface area contributed by atoms with Crippen LogP contribution >= 0.6 is 0 Å². The van der Waals surface area contributed by atoms with Gasteiger partial charge in [-0.05, 0) is 54.4 Å². The van der Waals surface area contributed by atoms with E-state index in [1.165, 1.54) is 6.26 Å². The molecule has 11 heteroatoms. The van der Waals surface area contributed by atoms with Gasteiger partial charge in [-0.25, -0.2) is 8.42 Å². The Morgan fingerprint density at radius 2 is 1.56 bits per heavy atom. The van der Waals surface area contributed by atoms with Gasteiger partial charge in [0.15, 0.2) is 27.2 Å². The van der Waals surface area contributed by atoms with Crippen LogP contribution in [-0.2, 0) is 16.4 Å². The van der Waals surface area contributed by atoms with Gasteiger partial charge in [-0.15, -0.1) is 0 Å². The van der Waals surface area contributed by atoms with Gasteiger partial charge in [0.25, 0.3) is 0 Å². The van der Waals surface area contributed by atoms with Crippen molar-refractivity contribution in [3.05, 3.63) is 90.0 Å². The van der Waals surface area contributed by atoms with Crippen LogP contribution in [0.25, 0.3) is 0 Å². The molecular weight excluding hydrogens is 516 g/mol. The molecule has 10 nitrogen and oxygen atoms in total. The summed E-state index contributed by atoms with van der Waals surface area (Å²) in [6.45, 7) is 2.31. The number of methoxy groups -OCH3 is 2. The van der Waals surface area contributed by atoms with Gasteiger partial charge in [0.05, 0.1) is 24.8 Å². The van der Waals surface area contributed by atoms with Gasteiger partial charge in [0.1, 0.15) is 5.82 Å². The SMILES string of the molecule is COc1ccc(CNc2cc(NN=C(C)c3ccc(S(C)(=O)=O)cc3)nc(Nc3ccccc3)n2)cc1OC. The maximum Gasteiger partial charge on any atom is 0.231 e. The molecule has 0 atom stereocenters. The fourth-order valence-corrected chi connectivity index (χ4v) is 4.26. The molecule has 4 aromatic rings. The van der Waals surface area contributed by atoms with Gasteiger partial charge >= 0.3 is 0 Å². The minimum atomic E-state index is -3.27. The molecule has 0 unspecified atom stereocenters. The Balaban J connectivity index is 1.56. The summed E-state index contributed by atoms with van der Waals surface area (Å²) in [6, 6.07) is 23.6. The van der Waals surface area contributed by atoms with Crippen LogP contribution in [0.2, 0.25) is 0 Å². The molecule has 0 aliphatic rings. The number of hydrogen-bond donors (Lipinski definition) is 3. The number of hydrogen-bond acceptors (Lipinski definition) is 10. The van der Waals surface area contributed by atoms with Gasteiger partial charge < -0.3 is 20.1 Å². The molecule has 1 heterocycles. The summed E-state index contributed by atoms with van der Waals surface area (Å²) in [4.78, 5) is 9.41. The number of nitrogens with one attached hydrogen (secondary N) is 3. The number of hydrazone groups is 1. The van der Waals surface area contributed by atoms with E-state index in [1.807, 2.05) is 55.5 Å². The zero-order valence-electron chi connectivity index (χ0n) is 22.1. The summed E-state index contributed by atoms with van der Waals surface area (Å²) in [5.41, 5.74) is 6.24. The fraction of sp³-hybridized carbons (Fsp3) is 0.179. The van der Waals surface area contributed by atoms with Crippen LogP contribution in [0.15, 0.2) is 88.9 Å². The second kappa shape index (κ2) is 12.3. The van der Waals surface area contributed by atoms with Crippen molar-refractivity contribution in [3.63, 3.8) is 0 Å². The van der Waals surface area contributed by atoms with Crippen molar-refractivity contribution in [2.45, 2.75) is 18.4 Å². The first-order valence-corrected chi connectivity index (χ1v) is 13.9. The van der Waals surface area contributed by atoms with Crippen molar-refractivity contribution in [1.29, 1.82) is 0 Å². The number of nitrogens with zero attached hydrogens (tertiary/aromatic N) is 3. The maximum absolute atomic E-state index is 11.7. The monoisotopic (exact) mass is 546 g/mol. The lowest BCUT2D eigenvalue weighted by molar-refractivity contribution is 0.354. The first kappa shape index (κ1) is 27.4. The van der Waals surface area contributed by atoms with Gasteiger partial charge in [-0.3, -0.25) is 5.43 Å². The molecular formula is C28H30N6O4S. The topological polar surface area (TPSA) is 127 Å². The van der Waals surface area contributed by atoms with E-state index in [1.54, 1.807) is 44.6 Å². The molecule has 0 bridgehead atoms. The molecule has 3 aromatic carbocycles. The summed E-state index contributed by atoms with van der Waals surface area (Å²) >= 11 is 0. The minimum absolute atomic E-state index is 0.254. The Morgan fingerprint density at radius 3 is 2.23 bits per heavy atom. The Morgan fingerprint density at radius 1 is 0.872 bits per heavy atom. The maximum atomic E-state index is 11.7. The number of sulfone groups is 1. The number of benzene rings is 3. The molecule has 202 valence electrons. The van der Waals surface area contributed by atoms with Gasteiger partial charge in [-0.1, -0.05) is 36.4 Å². The molecule has 0 aliphatic carbocycles. The number of para-hydroxylation sites is 1. The number of ether oxygens (including phenoxy) is 2. The van der Waals surface area contributed by atoms with E-state index in [4.69, 9.17) is 9.47 Å². The average Bonchev–Trinajstić information content (AvgIpc) is 2.94. The molecule has 0 aliphatic heterocycles. The zero-order valence-corrected chi connectivity index (χ0v) is 22.9. The van der Waals surface area contributed by atoms with Crippen LogP contribution in [-0.4, -0.2) is 44.6 Å². The normalized spacial score (nSPS) is 11.5. The second-order valence-electron chi connectivity index (χ2n) is 8.60. The number of rotatable bonds is 11. The summed E-state index contributed by atoms with van der Waals surface area (Å²) in [5.74, 6) is 2.72. The molecule has 4 rings (SSSR count). The van der Waals surface area contributed by atoms with Crippen LogP contribution in [0.5, 0.6) is 11.5 Å². The predicted molar refractivity (Wildman–Crippen MR) is 154 cm³/mol. The summed E-state index contributed by atoms with van der Waals surface area (Å²) in [5, 5.41) is 11.0. The third-order valence-corrected chi connectivity index (χ3v) is 6.84. The molecule has 39 heavy (non-hydrogen) atoms. The highest BCUT2D eigenvalue weighted by molar-refractivity contribution is 7.90. The van der Waals surface area contributed by atoms with E-state index in [2.05, 4.69) is 31.1 Å². The summed E-state index contributed by atoms with van der Waals surface area (Å²) in [6.07, 6.45) is 1.18. The van der Waals surface area contributed by atoms with Crippen molar-refractivity contribution >= 4 is 38.8 Å². The smallest absolute Gasteiger partial charge is 0.231 e. The van der Waals surface area contributed by atoms with Crippen molar-refractivity contribution in [2.24, 2.45) is 5.10 Å². The molecule has 3 N–H and O–H groups in total. The molecule has 1 aromatic heterocycles. The lowest BCUT2D eigenvalue weighted by Gasteiger charge is -2.13.